The Morgan fingerprint density at radius 1 is 0.442 bits per heavy atom. The van der Waals surface area contributed by atoms with Crippen molar-refractivity contribution in [3.63, 3.8) is 0 Å². The van der Waals surface area contributed by atoms with Crippen molar-refractivity contribution in [1.29, 1.82) is 0 Å². The van der Waals surface area contributed by atoms with Crippen LogP contribution in [-0.4, -0.2) is 39.0 Å². The van der Waals surface area contributed by atoms with Gasteiger partial charge in [0.05, 0.1) is 16.6 Å². The molecule has 0 N–H and O–H groups in total. The maximum absolute atomic E-state index is 4.85. The number of hydrogen-bond donors (Lipinski definition) is 0. The Balaban J connectivity index is 1.16. The highest BCUT2D eigenvalue weighted by atomic mass is 15.1. The average Bonchev–Trinajstić information content (AvgIpc) is 3.71. The monoisotopic (exact) mass is 670 g/mol. The largest absolute Gasteiger partial charge is 0.298 e. The van der Waals surface area contributed by atoms with E-state index in [1.54, 1.807) is 12.4 Å². The van der Waals surface area contributed by atoms with Crippen LogP contribution in [0.3, 0.4) is 0 Å². The number of nitrogens with zero attached hydrogens (tertiary/aromatic N) is 8. The minimum Gasteiger partial charge on any atom is -0.298 e. The summed E-state index contributed by atoms with van der Waals surface area (Å²) in [6.07, 6.45) is 17.0. The summed E-state index contributed by atoms with van der Waals surface area (Å²) < 4.78 is 4.66. The summed E-state index contributed by atoms with van der Waals surface area (Å²) in [7, 11) is 0. The lowest BCUT2D eigenvalue weighted by Crippen LogP contribution is -2.07. The molecule has 0 unspecified atom stereocenters. The molecule has 0 radical (unpaired) electrons. The SMILES string of the molecule is C1=C(c2ncccn2)CCc2c1c1cc3c(cc1n2-c1ccccn1)-c1cc2c(cc1CC3)c1cc(-c3ncccn3)ccc1n2-c1ccccn1. The van der Waals surface area contributed by atoms with Crippen molar-refractivity contribution in [2.24, 2.45) is 0 Å². The molecule has 246 valence electrons. The molecular formula is C44H30N8. The molecule has 8 heteroatoms. The maximum atomic E-state index is 4.85. The second-order valence-electron chi connectivity index (χ2n) is 13.5. The van der Waals surface area contributed by atoms with Crippen molar-refractivity contribution in [2.45, 2.75) is 25.7 Å². The van der Waals surface area contributed by atoms with E-state index in [0.29, 0.717) is 0 Å². The molecule has 0 bridgehead atoms. The fourth-order valence-corrected chi connectivity index (χ4v) is 8.37. The van der Waals surface area contributed by atoms with E-state index < -0.39 is 0 Å². The number of rotatable bonds is 4. The summed E-state index contributed by atoms with van der Waals surface area (Å²) in [6.45, 7) is 0. The summed E-state index contributed by atoms with van der Waals surface area (Å²) >= 11 is 0. The van der Waals surface area contributed by atoms with Gasteiger partial charge in [-0.25, -0.2) is 29.9 Å². The van der Waals surface area contributed by atoms with E-state index in [9.17, 15) is 0 Å². The van der Waals surface area contributed by atoms with E-state index in [1.165, 1.54) is 55.4 Å². The van der Waals surface area contributed by atoms with Gasteiger partial charge < -0.3 is 0 Å². The summed E-state index contributed by atoms with van der Waals surface area (Å²) in [6, 6.07) is 32.1. The van der Waals surface area contributed by atoms with Crippen molar-refractivity contribution in [2.75, 3.05) is 0 Å². The van der Waals surface area contributed by atoms with Gasteiger partial charge in [-0.05, 0) is 138 Å². The van der Waals surface area contributed by atoms with E-state index in [-0.39, 0.29) is 0 Å². The fraction of sp³-hybridized carbons (Fsp3) is 0.0909. The summed E-state index contributed by atoms with van der Waals surface area (Å²) in [5.74, 6) is 3.34. The van der Waals surface area contributed by atoms with Crippen LogP contribution in [0.15, 0.2) is 128 Å². The van der Waals surface area contributed by atoms with Gasteiger partial charge in [0.1, 0.15) is 11.6 Å². The molecule has 52 heavy (non-hydrogen) atoms. The molecule has 0 saturated heterocycles. The first-order valence-electron chi connectivity index (χ1n) is 17.7. The summed E-state index contributed by atoms with van der Waals surface area (Å²) in [4.78, 5) is 28.0. The molecule has 6 heterocycles. The third kappa shape index (κ3) is 4.40. The zero-order chi connectivity index (χ0) is 34.2. The third-order valence-corrected chi connectivity index (χ3v) is 10.7. The van der Waals surface area contributed by atoms with E-state index in [1.807, 2.05) is 55.1 Å². The van der Waals surface area contributed by atoms with Crippen LogP contribution in [0.4, 0.5) is 0 Å². The van der Waals surface area contributed by atoms with Gasteiger partial charge in [-0.1, -0.05) is 12.1 Å². The van der Waals surface area contributed by atoms with Crippen LogP contribution < -0.4 is 0 Å². The van der Waals surface area contributed by atoms with Crippen molar-refractivity contribution in [1.82, 2.24) is 39.0 Å². The predicted octanol–water partition coefficient (Wildman–Crippen LogP) is 9.02. The minimum atomic E-state index is 0.718. The van der Waals surface area contributed by atoms with Gasteiger partial charge in [0.15, 0.2) is 11.6 Å². The number of fused-ring (bicyclic) bond motifs is 9. The Hall–Kier alpha value is -6.80. The molecule has 3 aromatic carbocycles. The number of hydrogen-bond acceptors (Lipinski definition) is 6. The zero-order valence-electron chi connectivity index (χ0n) is 28.1. The molecule has 0 amide bonds. The van der Waals surface area contributed by atoms with Crippen molar-refractivity contribution >= 4 is 44.4 Å². The highest BCUT2D eigenvalue weighted by Gasteiger charge is 2.27. The molecule has 0 saturated carbocycles. The van der Waals surface area contributed by atoms with E-state index in [4.69, 9.17) is 9.97 Å². The highest BCUT2D eigenvalue weighted by Crippen LogP contribution is 2.45. The van der Waals surface area contributed by atoms with Crippen LogP contribution in [0.1, 0.15) is 34.6 Å². The molecule has 2 aliphatic carbocycles. The Morgan fingerprint density at radius 2 is 1.04 bits per heavy atom. The Morgan fingerprint density at radius 3 is 1.71 bits per heavy atom. The zero-order valence-corrected chi connectivity index (χ0v) is 28.1. The van der Waals surface area contributed by atoms with Gasteiger partial charge >= 0.3 is 0 Å². The molecule has 2 aliphatic rings. The lowest BCUT2D eigenvalue weighted by Gasteiger charge is -2.21. The van der Waals surface area contributed by atoms with E-state index in [2.05, 4.69) is 95.8 Å². The molecule has 11 rings (SSSR count). The van der Waals surface area contributed by atoms with Gasteiger partial charge in [-0.2, -0.15) is 0 Å². The molecule has 0 spiro atoms. The Labute approximate surface area is 298 Å². The number of benzene rings is 3. The fourth-order valence-electron chi connectivity index (χ4n) is 8.37. The van der Waals surface area contributed by atoms with Crippen LogP contribution in [0.2, 0.25) is 0 Å². The van der Waals surface area contributed by atoms with Gasteiger partial charge in [0.2, 0.25) is 0 Å². The van der Waals surface area contributed by atoms with Crippen LogP contribution >= 0.6 is 0 Å². The standard InChI is InChI=1S/C44H30N8/c1-3-15-45-41(7-1)51-37-13-11-29(43-47-17-5-18-48-43)23-33(37)35-21-27-9-10-28-22-36-34-24-30(44-49-19-6-20-50-44)12-14-38(34)52(42-8-2-4-16-46-42)40(36)26-32(28)31(27)25-39(35)51/h1-8,11,13,15-26H,9-10,12,14H2. The molecule has 8 nitrogen and oxygen atoms in total. The van der Waals surface area contributed by atoms with Crippen molar-refractivity contribution in [3.05, 3.63) is 156 Å². The second kappa shape index (κ2) is 11.4. The lowest BCUT2D eigenvalue weighted by atomic mass is 9.83. The number of pyridine rings is 2. The quantitative estimate of drug-likeness (QED) is 0.186. The predicted molar refractivity (Wildman–Crippen MR) is 205 cm³/mol. The Kier molecular flexibility index (Phi) is 6.33. The van der Waals surface area contributed by atoms with Crippen LogP contribution in [-0.2, 0) is 19.3 Å². The summed E-state index contributed by atoms with van der Waals surface area (Å²) in [5.41, 5.74) is 13.3. The van der Waals surface area contributed by atoms with Crippen molar-refractivity contribution < 1.29 is 0 Å². The van der Waals surface area contributed by atoms with E-state index in [0.717, 1.165) is 71.0 Å². The second-order valence-corrected chi connectivity index (χ2v) is 13.5. The van der Waals surface area contributed by atoms with Gasteiger partial charge in [0, 0.05) is 70.2 Å². The number of aromatic nitrogens is 8. The normalized spacial score (nSPS) is 13.6. The third-order valence-electron chi connectivity index (χ3n) is 10.7. The average molecular weight is 671 g/mol. The first-order valence-corrected chi connectivity index (χ1v) is 17.7. The molecule has 9 aromatic rings. The van der Waals surface area contributed by atoms with Gasteiger partial charge in [-0.3, -0.25) is 9.13 Å². The first kappa shape index (κ1) is 29.0. The minimum absolute atomic E-state index is 0.718. The van der Waals surface area contributed by atoms with E-state index >= 15 is 0 Å². The lowest BCUT2D eigenvalue weighted by molar-refractivity contribution is 0.872. The number of aryl methyl sites for hydroxylation is 2. The molecule has 0 atom stereocenters. The number of allylic oxidation sites excluding steroid dienone is 1. The van der Waals surface area contributed by atoms with Crippen LogP contribution in [0.25, 0.3) is 78.5 Å². The van der Waals surface area contributed by atoms with Gasteiger partial charge in [0.25, 0.3) is 0 Å². The van der Waals surface area contributed by atoms with Gasteiger partial charge in [-0.15, -0.1) is 0 Å². The van der Waals surface area contributed by atoms with Crippen LogP contribution in [0.5, 0.6) is 0 Å². The molecule has 0 fully saturated rings. The first-order chi connectivity index (χ1) is 25.8. The van der Waals surface area contributed by atoms with Crippen LogP contribution in [0, 0.1) is 0 Å². The smallest absolute Gasteiger partial charge is 0.159 e. The maximum Gasteiger partial charge on any atom is 0.159 e. The molecule has 0 aliphatic heterocycles. The molecule has 6 aromatic heterocycles. The summed E-state index contributed by atoms with van der Waals surface area (Å²) in [5, 5.41) is 3.61. The highest BCUT2D eigenvalue weighted by molar-refractivity contribution is 6.12. The molecular weight excluding hydrogens is 641 g/mol. The Bertz CT molecular complexity index is 2870. The van der Waals surface area contributed by atoms with Crippen molar-refractivity contribution in [3.8, 4) is 34.2 Å². The topological polar surface area (TPSA) is 87.2 Å².